The highest BCUT2D eigenvalue weighted by atomic mass is 32.2. The second kappa shape index (κ2) is 14.1. The molecule has 1 amide bonds. The first kappa shape index (κ1) is 24.3. The van der Waals surface area contributed by atoms with Crippen molar-refractivity contribution in [3.05, 3.63) is 54.2 Å². The topological polar surface area (TPSA) is 57.7 Å². The van der Waals surface area contributed by atoms with Crippen molar-refractivity contribution in [2.45, 2.75) is 24.6 Å². The van der Waals surface area contributed by atoms with Crippen LogP contribution in [0.15, 0.2) is 53.7 Å². The smallest absolute Gasteiger partial charge is 0.238 e. The van der Waals surface area contributed by atoms with Crippen LogP contribution in [0.3, 0.4) is 0 Å². The lowest BCUT2D eigenvalue weighted by Crippen LogP contribution is -2.40. The lowest BCUT2D eigenvalue weighted by atomic mass is 10.2. The Morgan fingerprint density at radius 1 is 1.07 bits per heavy atom. The molecule has 0 aliphatic rings. The van der Waals surface area contributed by atoms with Gasteiger partial charge in [0.05, 0.1) is 18.2 Å². The second-order valence-corrected chi connectivity index (χ2v) is 8.00. The Morgan fingerprint density at radius 3 is 2.57 bits per heavy atom. The van der Waals surface area contributed by atoms with Gasteiger partial charge in [-0.15, -0.1) is 11.8 Å². The van der Waals surface area contributed by atoms with E-state index >= 15 is 0 Å². The maximum atomic E-state index is 12.6. The zero-order valence-corrected chi connectivity index (χ0v) is 19.2. The molecule has 0 aliphatic heterocycles. The van der Waals surface area contributed by atoms with Crippen LogP contribution in [-0.2, 0) is 15.3 Å². The van der Waals surface area contributed by atoms with E-state index in [1.54, 1.807) is 25.1 Å². The fourth-order valence-electron chi connectivity index (χ4n) is 3.05. The molecule has 164 valence electrons. The number of aromatic nitrogens is 1. The van der Waals surface area contributed by atoms with E-state index in [-0.39, 0.29) is 5.91 Å². The van der Waals surface area contributed by atoms with Crippen LogP contribution in [0.5, 0.6) is 0 Å². The van der Waals surface area contributed by atoms with Gasteiger partial charge in [-0.1, -0.05) is 32.0 Å². The largest absolute Gasteiger partial charge is 0.383 e. The van der Waals surface area contributed by atoms with Gasteiger partial charge >= 0.3 is 0 Å². The molecule has 1 aromatic heterocycles. The summed E-state index contributed by atoms with van der Waals surface area (Å²) in [5.74, 6) is 0.810. The molecule has 2 aromatic rings. The number of hydrogen-bond donors (Lipinski definition) is 1. The van der Waals surface area contributed by atoms with Crippen LogP contribution in [0.2, 0.25) is 0 Å². The lowest BCUT2D eigenvalue weighted by molar-refractivity contribution is -0.117. The van der Waals surface area contributed by atoms with Gasteiger partial charge in [0.15, 0.2) is 0 Å². The molecule has 1 aromatic carbocycles. The van der Waals surface area contributed by atoms with Gasteiger partial charge in [-0.3, -0.25) is 9.69 Å². The molecule has 0 spiro atoms. The number of anilines is 1. The lowest BCUT2D eigenvalue weighted by Gasteiger charge is -2.25. The van der Waals surface area contributed by atoms with E-state index in [1.165, 1.54) is 0 Å². The van der Waals surface area contributed by atoms with Crippen molar-refractivity contribution in [3.8, 4) is 0 Å². The van der Waals surface area contributed by atoms with Gasteiger partial charge in [-0.25, -0.2) is 4.98 Å². The number of carbonyl (C=O) groups is 1. The Labute approximate surface area is 185 Å². The molecule has 1 heterocycles. The number of rotatable bonds is 14. The number of carbonyl (C=O) groups excluding carboxylic acids is 1. The third kappa shape index (κ3) is 9.26. The SMILES string of the molecule is CCN(CC)CCN(CCOC)CC(=O)Nc1cccc(CSc2ccccn2)c1. The number of methoxy groups -OCH3 is 1. The van der Waals surface area contributed by atoms with Gasteiger partial charge < -0.3 is 15.0 Å². The standard InChI is InChI=1S/C23H34N4O2S/c1-4-26(5-2)13-14-27(15-16-29-3)18-22(28)25-21-10-8-9-20(17-21)19-30-23-11-6-7-12-24-23/h6-12,17H,4-5,13-16,18-19H2,1-3H3,(H,25,28). The van der Waals surface area contributed by atoms with Crippen LogP contribution in [0.1, 0.15) is 19.4 Å². The molecule has 0 saturated heterocycles. The Morgan fingerprint density at radius 2 is 1.87 bits per heavy atom. The first-order valence-electron chi connectivity index (χ1n) is 10.5. The molecule has 0 radical (unpaired) electrons. The number of pyridine rings is 1. The Hall–Kier alpha value is -1.93. The minimum atomic E-state index is 0.000166. The summed E-state index contributed by atoms with van der Waals surface area (Å²) in [5.41, 5.74) is 1.98. The monoisotopic (exact) mass is 430 g/mol. The minimum absolute atomic E-state index is 0.000166. The summed E-state index contributed by atoms with van der Waals surface area (Å²) in [7, 11) is 1.69. The van der Waals surface area contributed by atoms with Gasteiger partial charge in [0.2, 0.25) is 5.91 Å². The first-order chi connectivity index (χ1) is 14.6. The number of ether oxygens (including phenoxy) is 1. The molecule has 7 heteroatoms. The number of thioether (sulfide) groups is 1. The van der Waals surface area contributed by atoms with Crippen molar-refractivity contribution in [2.24, 2.45) is 0 Å². The van der Waals surface area contributed by atoms with Gasteiger partial charge in [0.1, 0.15) is 0 Å². The molecule has 0 atom stereocenters. The van der Waals surface area contributed by atoms with Crippen molar-refractivity contribution in [3.63, 3.8) is 0 Å². The van der Waals surface area contributed by atoms with Crippen molar-refractivity contribution in [1.29, 1.82) is 0 Å². The van der Waals surface area contributed by atoms with E-state index in [9.17, 15) is 4.79 Å². The van der Waals surface area contributed by atoms with E-state index in [4.69, 9.17) is 4.74 Å². The summed E-state index contributed by atoms with van der Waals surface area (Å²) >= 11 is 1.68. The van der Waals surface area contributed by atoms with Gasteiger partial charge in [-0.2, -0.15) is 0 Å². The van der Waals surface area contributed by atoms with Crippen molar-refractivity contribution in [2.75, 3.05) is 58.3 Å². The first-order valence-corrected chi connectivity index (χ1v) is 11.5. The summed E-state index contributed by atoms with van der Waals surface area (Å²) in [5, 5.41) is 4.04. The Bertz CT molecular complexity index is 741. The minimum Gasteiger partial charge on any atom is -0.383 e. The maximum absolute atomic E-state index is 12.6. The molecule has 0 fully saturated rings. The Kier molecular flexibility index (Phi) is 11.5. The number of nitrogens with zero attached hydrogens (tertiary/aromatic N) is 3. The molecule has 2 rings (SSSR count). The average Bonchev–Trinajstić information content (AvgIpc) is 2.77. The third-order valence-electron chi connectivity index (χ3n) is 4.84. The molecule has 0 aliphatic carbocycles. The van der Waals surface area contributed by atoms with E-state index in [0.717, 1.165) is 54.8 Å². The van der Waals surface area contributed by atoms with Crippen LogP contribution in [-0.4, -0.2) is 73.7 Å². The van der Waals surface area contributed by atoms with Crippen LogP contribution >= 0.6 is 11.8 Å². The van der Waals surface area contributed by atoms with E-state index < -0.39 is 0 Å². The zero-order valence-electron chi connectivity index (χ0n) is 18.3. The quantitative estimate of drug-likeness (QED) is 0.462. The molecule has 6 nitrogen and oxygen atoms in total. The van der Waals surface area contributed by atoms with Crippen molar-refractivity contribution in [1.82, 2.24) is 14.8 Å². The van der Waals surface area contributed by atoms with Crippen LogP contribution in [0.4, 0.5) is 5.69 Å². The van der Waals surface area contributed by atoms with Crippen LogP contribution in [0, 0.1) is 0 Å². The number of benzene rings is 1. The predicted octanol–water partition coefficient (Wildman–Crippen LogP) is 3.60. The number of nitrogens with one attached hydrogen (secondary N) is 1. The number of likely N-dealkylation sites (N-methyl/N-ethyl adjacent to an activating group) is 1. The number of hydrogen-bond acceptors (Lipinski definition) is 6. The highest BCUT2D eigenvalue weighted by Gasteiger charge is 2.12. The summed E-state index contributed by atoms with van der Waals surface area (Å²) in [6.45, 7) is 9.87. The molecule has 0 bridgehead atoms. The fourth-order valence-corrected chi connectivity index (χ4v) is 3.85. The van der Waals surface area contributed by atoms with Crippen LogP contribution < -0.4 is 5.32 Å². The molecular formula is C23H34N4O2S. The maximum Gasteiger partial charge on any atom is 0.238 e. The van der Waals surface area contributed by atoms with Gasteiger partial charge in [0.25, 0.3) is 0 Å². The molecule has 1 N–H and O–H groups in total. The zero-order chi connectivity index (χ0) is 21.6. The Balaban J connectivity index is 1.87. The summed E-state index contributed by atoms with van der Waals surface area (Å²) in [4.78, 5) is 21.5. The normalized spacial score (nSPS) is 11.2. The highest BCUT2D eigenvalue weighted by molar-refractivity contribution is 7.98. The molecule has 0 saturated carbocycles. The summed E-state index contributed by atoms with van der Waals surface area (Å²) in [6.07, 6.45) is 1.80. The summed E-state index contributed by atoms with van der Waals surface area (Å²) in [6, 6.07) is 13.9. The van der Waals surface area contributed by atoms with Crippen molar-refractivity contribution < 1.29 is 9.53 Å². The third-order valence-corrected chi connectivity index (χ3v) is 5.86. The predicted molar refractivity (Wildman–Crippen MR) is 125 cm³/mol. The molecule has 0 unspecified atom stereocenters. The van der Waals surface area contributed by atoms with Gasteiger partial charge in [0, 0.05) is 44.4 Å². The van der Waals surface area contributed by atoms with E-state index in [0.29, 0.717) is 13.2 Å². The van der Waals surface area contributed by atoms with Crippen molar-refractivity contribution >= 4 is 23.4 Å². The molecule has 30 heavy (non-hydrogen) atoms. The van der Waals surface area contributed by atoms with Crippen LogP contribution in [0.25, 0.3) is 0 Å². The number of amides is 1. The summed E-state index contributed by atoms with van der Waals surface area (Å²) < 4.78 is 5.22. The second-order valence-electron chi connectivity index (χ2n) is 7.00. The average molecular weight is 431 g/mol. The van der Waals surface area contributed by atoms with Gasteiger partial charge in [-0.05, 0) is 42.9 Å². The van der Waals surface area contributed by atoms with E-state index in [2.05, 4.69) is 40.0 Å². The van der Waals surface area contributed by atoms with E-state index in [1.807, 2.05) is 36.4 Å². The molecular weight excluding hydrogens is 396 g/mol. The fraction of sp³-hybridized carbons (Fsp3) is 0.478. The highest BCUT2D eigenvalue weighted by Crippen LogP contribution is 2.22.